The van der Waals surface area contributed by atoms with Crippen molar-refractivity contribution in [2.45, 2.75) is 45.7 Å². The number of nitrogens with zero attached hydrogens (tertiary/aromatic N) is 3. The van der Waals surface area contributed by atoms with E-state index in [9.17, 15) is 4.79 Å². The lowest BCUT2D eigenvalue weighted by Gasteiger charge is -2.36. The van der Waals surface area contributed by atoms with Crippen LogP contribution in [0, 0.1) is 5.92 Å². The molecule has 3 rings (SSSR count). The second kappa shape index (κ2) is 10.6. The molecule has 1 aromatic heterocycles. The third kappa shape index (κ3) is 6.07. The number of nitrogens with one attached hydrogen (secondary N) is 2. The van der Waals surface area contributed by atoms with Crippen LogP contribution in [0.4, 0.5) is 10.6 Å². The van der Waals surface area contributed by atoms with E-state index in [0.717, 1.165) is 50.8 Å². The predicted octanol–water partition coefficient (Wildman–Crippen LogP) is 2.23. The van der Waals surface area contributed by atoms with Crippen LogP contribution in [0.5, 0.6) is 0 Å². The van der Waals surface area contributed by atoms with Gasteiger partial charge >= 0.3 is 6.03 Å². The number of ether oxygens (including phenoxy) is 1. The minimum atomic E-state index is -0.126. The minimum Gasteiger partial charge on any atom is -0.379 e. The van der Waals surface area contributed by atoms with Gasteiger partial charge in [0.25, 0.3) is 0 Å². The number of rotatable bonds is 7. The highest BCUT2D eigenvalue weighted by atomic mass is 16.5. The summed E-state index contributed by atoms with van der Waals surface area (Å²) in [4.78, 5) is 21.6. The zero-order valence-electron chi connectivity index (χ0n) is 17.3. The topological polar surface area (TPSA) is 69.7 Å². The van der Waals surface area contributed by atoms with Crippen molar-refractivity contribution in [3.05, 3.63) is 23.9 Å². The lowest BCUT2D eigenvalue weighted by atomic mass is 10.0. The normalized spacial score (nSPS) is 19.5. The summed E-state index contributed by atoms with van der Waals surface area (Å²) in [6.07, 6.45) is 5.67. The van der Waals surface area contributed by atoms with E-state index in [0.29, 0.717) is 25.0 Å². The number of pyridine rings is 1. The Kier molecular flexibility index (Phi) is 7.91. The fourth-order valence-corrected chi connectivity index (χ4v) is 3.97. The first-order valence-corrected chi connectivity index (χ1v) is 10.7. The van der Waals surface area contributed by atoms with Crippen LogP contribution in [0.1, 0.15) is 38.7 Å². The fourth-order valence-electron chi connectivity index (χ4n) is 3.97. The maximum absolute atomic E-state index is 12.2. The Hall–Kier alpha value is -1.86. The van der Waals surface area contributed by atoms with Gasteiger partial charge in [0, 0.05) is 51.5 Å². The lowest BCUT2D eigenvalue weighted by molar-refractivity contribution is 0.00719. The first-order chi connectivity index (χ1) is 13.6. The second-order valence-electron chi connectivity index (χ2n) is 8.10. The zero-order chi connectivity index (χ0) is 19.8. The molecule has 1 aromatic rings. The fraction of sp³-hybridized carbons (Fsp3) is 0.714. The van der Waals surface area contributed by atoms with Crippen molar-refractivity contribution in [2.75, 3.05) is 50.8 Å². The van der Waals surface area contributed by atoms with Crippen LogP contribution in [-0.4, -0.2) is 67.9 Å². The van der Waals surface area contributed by atoms with Gasteiger partial charge in [0.2, 0.25) is 0 Å². The number of carbonyl (C=O) groups is 1. The molecule has 2 saturated heterocycles. The van der Waals surface area contributed by atoms with Crippen molar-refractivity contribution in [3.8, 4) is 0 Å². The van der Waals surface area contributed by atoms with Crippen LogP contribution in [0.25, 0.3) is 0 Å². The maximum Gasteiger partial charge on any atom is 0.315 e. The van der Waals surface area contributed by atoms with Gasteiger partial charge in [-0.1, -0.05) is 19.9 Å². The van der Waals surface area contributed by atoms with Crippen LogP contribution in [-0.2, 0) is 11.3 Å². The van der Waals surface area contributed by atoms with Gasteiger partial charge in [-0.05, 0) is 36.8 Å². The summed E-state index contributed by atoms with van der Waals surface area (Å²) in [6.45, 7) is 11.1. The highest BCUT2D eigenvalue weighted by Crippen LogP contribution is 2.17. The van der Waals surface area contributed by atoms with Gasteiger partial charge < -0.3 is 20.3 Å². The van der Waals surface area contributed by atoms with Gasteiger partial charge in [0.15, 0.2) is 0 Å². The van der Waals surface area contributed by atoms with Crippen LogP contribution in [0.3, 0.4) is 0 Å². The number of amides is 2. The summed E-state index contributed by atoms with van der Waals surface area (Å²) in [5.74, 6) is 1.52. The van der Waals surface area contributed by atoms with E-state index in [1.807, 2.05) is 6.20 Å². The molecular formula is C21H35N5O2. The molecule has 0 aromatic carbocycles. The summed E-state index contributed by atoms with van der Waals surface area (Å²) in [7, 11) is 0. The standard InChI is InChI=1S/C21H35N5O2/c1-17(2)19(25-10-12-28-13-11-25)16-24-21(27)23-15-18-6-7-20(22-14-18)26-8-4-3-5-9-26/h6-7,14,17,19H,3-5,8-13,15-16H2,1-2H3,(H2,23,24,27). The number of carbonyl (C=O) groups excluding carboxylic acids is 1. The quantitative estimate of drug-likeness (QED) is 0.748. The van der Waals surface area contributed by atoms with E-state index in [1.165, 1.54) is 19.3 Å². The Balaban J connectivity index is 1.41. The Morgan fingerprint density at radius 3 is 2.50 bits per heavy atom. The molecule has 0 aliphatic carbocycles. The molecule has 2 aliphatic rings. The number of morpholine rings is 1. The maximum atomic E-state index is 12.2. The molecule has 3 heterocycles. The molecular weight excluding hydrogens is 354 g/mol. The largest absolute Gasteiger partial charge is 0.379 e. The molecule has 2 fully saturated rings. The molecule has 156 valence electrons. The average Bonchev–Trinajstić information content (AvgIpc) is 2.74. The summed E-state index contributed by atoms with van der Waals surface area (Å²) >= 11 is 0. The number of hydrogen-bond acceptors (Lipinski definition) is 5. The van der Waals surface area contributed by atoms with Crippen molar-refractivity contribution < 1.29 is 9.53 Å². The predicted molar refractivity (Wildman–Crippen MR) is 112 cm³/mol. The van der Waals surface area contributed by atoms with Gasteiger partial charge in [-0.25, -0.2) is 9.78 Å². The molecule has 2 aliphatic heterocycles. The Morgan fingerprint density at radius 2 is 1.86 bits per heavy atom. The number of anilines is 1. The molecule has 1 atom stereocenters. The third-order valence-electron chi connectivity index (χ3n) is 5.70. The monoisotopic (exact) mass is 389 g/mol. The SMILES string of the molecule is CC(C)C(CNC(=O)NCc1ccc(N2CCCCC2)nc1)N1CCOCC1. The molecule has 2 amide bonds. The van der Waals surface area contributed by atoms with E-state index >= 15 is 0 Å². The summed E-state index contributed by atoms with van der Waals surface area (Å²) in [5.41, 5.74) is 1.02. The molecule has 0 spiro atoms. The number of hydrogen-bond donors (Lipinski definition) is 2. The number of aromatic nitrogens is 1. The van der Waals surface area contributed by atoms with E-state index in [4.69, 9.17) is 4.74 Å². The average molecular weight is 390 g/mol. The van der Waals surface area contributed by atoms with Crippen molar-refractivity contribution in [2.24, 2.45) is 5.92 Å². The summed E-state index contributed by atoms with van der Waals surface area (Å²) < 4.78 is 5.44. The van der Waals surface area contributed by atoms with Crippen LogP contribution < -0.4 is 15.5 Å². The Labute approximate surface area is 168 Å². The molecule has 0 saturated carbocycles. The van der Waals surface area contributed by atoms with E-state index in [2.05, 4.69) is 51.4 Å². The Bertz CT molecular complexity index is 595. The van der Waals surface area contributed by atoms with Crippen molar-refractivity contribution in [1.29, 1.82) is 0 Å². The highest BCUT2D eigenvalue weighted by Gasteiger charge is 2.24. The Morgan fingerprint density at radius 1 is 1.11 bits per heavy atom. The summed E-state index contributed by atoms with van der Waals surface area (Å²) in [5, 5.41) is 5.98. The van der Waals surface area contributed by atoms with Crippen molar-refractivity contribution in [1.82, 2.24) is 20.5 Å². The molecule has 28 heavy (non-hydrogen) atoms. The van der Waals surface area contributed by atoms with E-state index < -0.39 is 0 Å². The minimum absolute atomic E-state index is 0.126. The number of piperidine rings is 1. The molecule has 0 bridgehead atoms. The van der Waals surface area contributed by atoms with Crippen LogP contribution in [0.2, 0.25) is 0 Å². The van der Waals surface area contributed by atoms with E-state index in [-0.39, 0.29) is 6.03 Å². The van der Waals surface area contributed by atoms with Gasteiger partial charge in [-0.15, -0.1) is 0 Å². The summed E-state index contributed by atoms with van der Waals surface area (Å²) in [6, 6.07) is 4.33. The van der Waals surface area contributed by atoms with Gasteiger partial charge in [0.05, 0.1) is 13.2 Å². The first kappa shape index (κ1) is 20.9. The molecule has 0 radical (unpaired) electrons. The number of urea groups is 1. The van der Waals surface area contributed by atoms with Crippen LogP contribution in [0.15, 0.2) is 18.3 Å². The lowest BCUT2D eigenvalue weighted by Crippen LogP contribution is -2.52. The van der Waals surface area contributed by atoms with Crippen LogP contribution >= 0.6 is 0 Å². The van der Waals surface area contributed by atoms with Gasteiger partial charge in [-0.2, -0.15) is 0 Å². The van der Waals surface area contributed by atoms with E-state index in [1.54, 1.807) is 0 Å². The second-order valence-corrected chi connectivity index (χ2v) is 8.10. The molecule has 7 nitrogen and oxygen atoms in total. The smallest absolute Gasteiger partial charge is 0.315 e. The highest BCUT2D eigenvalue weighted by molar-refractivity contribution is 5.73. The van der Waals surface area contributed by atoms with Gasteiger partial charge in [0.1, 0.15) is 5.82 Å². The third-order valence-corrected chi connectivity index (χ3v) is 5.70. The van der Waals surface area contributed by atoms with Crippen molar-refractivity contribution in [3.63, 3.8) is 0 Å². The van der Waals surface area contributed by atoms with Gasteiger partial charge in [-0.3, -0.25) is 4.90 Å². The molecule has 2 N–H and O–H groups in total. The zero-order valence-corrected chi connectivity index (χ0v) is 17.3. The molecule has 7 heteroatoms. The first-order valence-electron chi connectivity index (χ1n) is 10.7. The molecule has 1 unspecified atom stereocenters. The van der Waals surface area contributed by atoms with Crippen molar-refractivity contribution >= 4 is 11.8 Å².